The van der Waals surface area contributed by atoms with Crippen molar-refractivity contribution >= 4 is 0 Å². The van der Waals surface area contributed by atoms with Crippen LogP contribution in [0, 0.1) is 6.07 Å². The van der Waals surface area contributed by atoms with Gasteiger partial charge in [-0.3, -0.25) is 4.98 Å². The Labute approximate surface area is 94.7 Å². The topological polar surface area (TPSA) is 31.4 Å². The molecule has 0 N–H and O–H groups in total. The SMILES string of the molecule is COc1c[c]ccc1OCc1ccncc1. The first-order valence-corrected chi connectivity index (χ1v) is 4.96. The van der Waals surface area contributed by atoms with E-state index in [-0.39, 0.29) is 0 Å². The van der Waals surface area contributed by atoms with Gasteiger partial charge in [0.25, 0.3) is 0 Å². The van der Waals surface area contributed by atoms with E-state index < -0.39 is 0 Å². The number of benzene rings is 1. The van der Waals surface area contributed by atoms with Crippen molar-refractivity contribution in [1.82, 2.24) is 4.98 Å². The molecule has 0 bridgehead atoms. The van der Waals surface area contributed by atoms with E-state index in [1.807, 2.05) is 18.2 Å². The largest absolute Gasteiger partial charge is 0.493 e. The fourth-order valence-electron chi connectivity index (χ4n) is 1.32. The molecule has 0 saturated heterocycles. The Bertz CT molecular complexity index is 443. The lowest BCUT2D eigenvalue weighted by atomic mass is 10.3. The molecule has 0 aliphatic rings. The van der Waals surface area contributed by atoms with Gasteiger partial charge in [0.2, 0.25) is 0 Å². The number of hydrogen-bond acceptors (Lipinski definition) is 3. The zero-order valence-corrected chi connectivity index (χ0v) is 9.01. The number of ether oxygens (including phenoxy) is 2. The molecule has 0 aliphatic carbocycles. The average Bonchev–Trinajstić information content (AvgIpc) is 2.38. The summed E-state index contributed by atoms with van der Waals surface area (Å²) in [5, 5.41) is 0. The molecule has 0 atom stereocenters. The summed E-state index contributed by atoms with van der Waals surface area (Å²) in [6, 6.07) is 12.2. The molecule has 1 aromatic heterocycles. The van der Waals surface area contributed by atoms with Gasteiger partial charge < -0.3 is 9.47 Å². The molecule has 0 aliphatic heterocycles. The molecule has 3 heteroatoms. The number of pyridine rings is 1. The first-order valence-electron chi connectivity index (χ1n) is 4.96. The Morgan fingerprint density at radius 3 is 2.75 bits per heavy atom. The Hall–Kier alpha value is -2.03. The minimum atomic E-state index is 0.503. The third-order valence-corrected chi connectivity index (χ3v) is 2.15. The van der Waals surface area contributed by atoms with Crippen LogP contribution in [-0.2, 0) is 6.61 Å². The van der Waals surface area contributed by atoms with Crippen LogP contribution in [0.5, 0.6) is 11.5 Å². The summed E-state index contributed by atoms with van der Waals surface area (Å²) in [7, 11) is 1.61. The number of rotatable bonds is 4. The molecular weight excluding hydrogens is 202 g/mol. The maximum Gasteiger partial charge on any atom is 0.161 e. The highest BCUT2D eigenvalue weighted by Crippen LogP contribution is 2.26. The van der Waals surface area contributed by atoms with Gasteiger partial charge in [0, 0.05) is 12.4 Å². The Balaban J connectivity index is 2.05. The second-order valence-electron chi connectivity index (χ2n) is 3.22. The van der Waals surface area contributed by atoms with Gasteiger partial charge in [-0.25, -0.2) is 0 Å². The van der Waals surface area contributed by atoms with E-state index in [0.29, 0.717) is 12.4 Å². The van der Waals surface area contributed by atoms with Gasteiger partial charge in [-0.05, 0) is 35.9 Å². The maximum atomic E-state index is 5.64. The second-order valence-corrected chi connectivity index (χ2v) is 3.22. The highest BCUT2D eigenvalue weighted by Gasteiger charge is 2.02. The van der Waals surface area contributed by atoms with E-state index in [2.05, 4.69) is 11.1 Å². The van der Waals surface area contributed by atoms with Crippen molar-refractivity contribution in [3.63, 3.8) is 0 Å². The number of hydrogen-bond donors (Lipinski definition) is 0. The lowest BCUT2D eigenvalue weighted by Crippen LogP contribution is -1.97. The van der Waals surface area contributed by atoms with Crippen LogP contribution in [0.3, 0.4) is 0 Å². The summed E-state index contributed by atoms with van der Waals surface area (Å²) in [6.45, 7) is 0.503. The lowest BCUT2D eigenvalue weighted by molar-refractivity contribution is 0.284. The van der Waals surface area contributed by atoms with Gasteiger partial charge >= 0.3 is 0 Å². The minimum absolute atomic E-state index is 0.503. The Morgan fingerprint density at radius 2 is 2.00 bits per heavy atom. The fraction of sp³-hybridized carbons (Fsp3) is 0.154. The van der Waals surface area contributed by atoms with E-state index in [9.17, 15) is 0 Å². The maximum absolute atomic E-state index is 5.64. The Kier molecular flexibility index (Phi) is 3.38. The number of nitrogens with zero attached hydrogens (tertiary/aromatic N) is 1. The highest BCUT2D eigenvalue weighted by atomic mass is 16.5. The molecule has 2 rings (SSSR count). The molecule has 1 radical (unpaired) electrons. The van der Waals surface area contributed by atoms with Crippen molar-refractivity contribution in [3.05, 3.63) is 54.4 Å². The lowest BCUT2D eigenvalue weighted by Gasteiger charge is -2.09. The van der Waals surface area contributed by atoms with Crippen LogP contribution in [0.25, 0.3) is 0 Å². The highest BCUT2D eigenvalue weighted by molar-refractivity contribution is 5.38. The zero-order valence-electron chi connectivity index (χ0n) is 9.01. The predicted molar refractivity (Wildman–Crippen MR) is 60.4 cm³/mol. The normalized spacial score (nSPS) is 9.81. The minimum Gasteiger partial charge on any atom is -0.493 e. The van der Waals surface area contributed by atoms with Gasteiger partial charge in [0.1, 0.15) is 6.61 Å². The van der Waals surface area contributed by atoms with Gasteiger partial charge in [-0.1, -0.05) is 6.07 Å². The third-order valence-electron chi connectivity index (χ3n) is 2.15. The van der Waals surface area contributed by atoms with E-state index in [1.165, 1.54) is 0 Å². The van der Waals surface area contributed by atoms with Crippen molar-refractivity contribution in [2.24, 2.45) is 0 Å². The molecule has 3 nitrogen and oxygen atoms in total. The van der Waals surface area contributed by atoms with Crippen LogP contribution in [0.4, 0.5) is 0 Å². The molecule has 2 aromatic rings. The molecule has 0 unspecified atom stereocenters. The van der Waals surface area contributed by atoms with E-state index in [4.69, 9.17) is 9.47 Å². The molecule has 0 fully saturated rings. The standard InChI is InChI=1S/C13H12NO2/c1-15-12-4-2-3-5-13(12)16-10-11-6-8-14-9-7-11/h3-9H,10H2,1H3. The van der Waals surface area contributed by atoms with Crippen LogP contribution >= 0.6 is 0 Å². The molecule has 1 heterocycles. The average molecular weight is 214 g/mol. The van der Waals surface area contributed by atoms with Crippen molar-refractivity contribution < 1.29 is 9.47 Å². The van der Waals surface area contributed by atoms with Gasteiger partial charge in [-0.15, -0.1) is 0 Å². The number of methoxy groups -OCH3 is 1. The third kappa shape index (κ3) is 2.51. The van der Waals surface area contributed by atoms with Crippen LogP contribution in [0.15, 0.2) is 42.7 Å². The van der Waals surface area contributed by atoms with Crippen molar-refractivity contribution in [2.45, 2.75) is 6.61 Å². The van der Waals surface area contributed by atoms with E-state index in [1.54, 1.807) is 31.6 Å². The van der Waals surface area contributed by atoms with Crippen LogP contribution in [0.2, 0.25) is 0 Å². The summed E-state index contributed by atoms with van der Waals surface area (Å²) < 4.78 is 10.8. The van der Waals surface area contributed by atoms with Crippen LogP contribution in [0.1, 0.15) is 5.56 Å². The molecule has 81 valence electrons. The van der Waals surface area contributed by atoms with Crippen LogP contribution < -0.4 is 9.47 Å². The zero-order chi connectivity index (χ0) is 11.2. The summed E-state index contributed by atoms with van der Waals surface area (Å²) in [4.78, 5) is 3.95. The van der Waals surface area contributed by atoms with Crippen LogP contribution in [-0.4, -0.2) is 12.1 Å². The molecule has 0 spiro atoms. The summed E-state index contributed by atoms with van der Waals surface area (Å²) in [5.74, 6) is 1.41. The summed E-state index contributed by atoms with van der Waals surface area (Å²) in [6.07, 6.45) is 3.49. The van der Waals surface area contributed by atoms with E-state index in [0.717, 1.165) is 11.3 Å². The molecule has 1 aromatic carbocycles. The molecule has 0 amide bonds. The van der Waals surface area contributed by atoms with Gasteiger partial charge in [0.15, 0.2) is 11.5 Å². The van der Waals surface area contributed by atoms with E-state index >= 15 is 0 Å². The summed E-state index contributed by atoms with van der Waals surface area (Å²) >= 11 is 0. The molecular formula is C13H12NO2. The monoisotopic (exact) mass is 214 g/mol. The fourth-order valence-corrected chi connectivity index (χ4v) is 1.32. The first-order chi connectivity index (χ1) is 7.90. The number of aromatic nitrogens is 1. The van der Waals surface area contributed by atoms with Gasteiger partial charge in [-0.2, -0.15) is 0 Å². The summed E-state index contributed by atoms with van der Waals surface area (Å²) in [5.41, 5.74) is 1.07. The smallest absolute Gasteiger partial charge is 0.161 e. The van der Waals surface area contributed by atoms with Crippen molar-refractivity contribution in [1.29, 1.82) is 0 Å². The van der Waals surface area contributed by atoms with Gasteiger partial charge in [0.05, 0.1) is 7.11 Å². The Morgan fingerprint density at radius 1 is 1.19 bits per heavy atom. The predicted octanol–water partition coefficient (Wildman–Crippen LogP) is 2.47. The molecule has 0 saturated carbocycles. The van der Waals surface area contributed by atoms with Crippen molar-refractivity contribution in [3.8, 4) is 11.5 Å². The quantitative estimate of drug-likeness (QED) is 0.783. The second kappa shape index (κ2) is 5.16. The molecule has 16 heavy (non-hydrogen) atoms. The van der Waals surface area contributed by atoms with Crippen molar-refractivity contribution in [2.75, 3.05) is 7.11 Å². The first kappa shape index (κ1) is 10.5.